The number of carbonyl (C=O) groups excluding carboxylic acids is 1. The van der Waals surface area contributed by atoms with Crippen molar-refractivity contribution in [1.82, 2.24) is 14.9 Å². The van der Waals surface area contributed by atoms with Crippen LogP contribution in [0.2, 0.25) is 0 Å². The van der Waals surface area contributed by atoms with E-state index in [2.05, 4.69) is 15.2 Å². The van der Waals surface area contributed by atoms with E-state index >= 15 is 0 Å². The second-order valence-electron chi connectivity index (χ2n) is 11.7. The average molecular weight is 541 g/mol. The van der Waals surface area contributed by atoms with Gasteiger partial charge in [0.1, 0.15) is 11.1 Å². The van der Waals surface area contributed by atoms with Crippen molar-refractivity contribution in [3.05, 3.63) is 52.1 Å². The van der Waals surface area contributed by atoms with Gasteiger partial charge in [0.05, 0.1) is 5.75 Å². The molecule has 0 atom stereocenters. The lowest BCUT2D eigenvalue weighted by Gasteiger charge is -2.39. The molecule has 0 unspecified atom stereocenters. The smallest absolute Gasteiger partial charge is 0.407 e. The van der Waals surface area contributed by atoms with E-state index in [0.29, 0.717) is 12.1 Å². The van der Waals surface area contributed by atoms with Gasteiger partial charge in [0.15, 0.2) is 9.84 Å². The van der Waals surface area contributed by atoms with E-state index in [1.807, 2.05) is 51.4 Å². The van der Waals surface area contributed by atoms with Gasteiger partial charge in [0.2, 0.25) is 0 Å². The zero-order valence-corrected chi connectivity index (χ0v) is 23.4. The highest BCUT2D eigenvalue weighted by Crippen LogP contribution is 2.43. The maximum atomic E-state index is 12.9. The molecule has 10 heteroatoms. The molecule has 1 aliphatic heterocycles. The van der Waals surface area contributed by atoms with Crippen LogP contribution in [0.1, 0.15) is 57.6 Å². The molecule has 0 bridgehead atoms. The van der Waals surface area contributed by atoms with Crippen molar-refractivity contribution in [3.63, 3.8) is 0 Å². The van der Waals surface area contributed by atoms with Crippen molar-refractivity contribution in [2.45, 2.75) is 76.4 Å². The number of hydrogen-bond donors (Lipinski definition) is 2. The number of pyridine rings is 1. The van der Waals surface area contributed by atoms with Gasteiger partial charge in [0.25, 0.3) is 5.56 Å². The van der Waals surface area contributed by atoms with E-state index in [4.69, 9.17) is 4.74 Å². The minimum Gasteiger partial charge on any atom is -0.444 e. The first kappa shape index (κ1) is 26.3. The van der Waals surface area contributed by atoms with Crippen LogP contribution in [0, 0.1) is 0 Å². The lowest BCUT2D eigenvalue weighted by atomic mass is 9.89. The van der Waals surface area contributed by atoms with Crippen molar-refractivity contribution in [3.8, 4) is 11.1 Å². The van der Waals surface area contributed by atoms with Crippen molar-refractivity contribution < 1.29 is 17.9 Å². The first-order valence-electron chi connectivity index (χ1n) is 13.1. The number of nitrogens with zero attached hydrogens (tertiary/aromatic N) is 2. The topological polar surface area (TPSA) is 114 Å². The van der Waals surface area contributed by atoms with Gasteiger partial charge in [-0.3, -0.25) is 4.79 Å². The van der Waals surface area contributed by atoms with Crippen LogP contribution in [-0.4, -0.2) is 48.0 Å². The number of fused-ring (bicyclic) bond motifs is 2. The van der Waals surface area contributed by atoms with Gasteiger partial charge in [-0.15, -0.1) is 0 Å². The third-order valence-corrected chi connectivity index (χ3v) is 8.23. The monoisotopic (exact) mass is 540 g/mol. The second kappa shape index (κ2) is 9.48. The Labute approximate surface area is 223 Å². The summed E-state index contributed by atoms with van der Waals surface area (Å²) >= 11 is 0. The van der Waals surface area contributed by atoms with Gasteiger partial charge in [-0.2, -0.15) is 0 Å². The van der Waals surface area contributed by atoms with Crippen LogP contribution in [0.25, 0.3) is 22.0 Å². The summed E-state index contributed by atoms with van der Waals surface area (Å²) in [5.41, 5.74) is 4.58. The number of nitrogens with one attached hydrogen (secondary N) is 2. The molecule has 2 aliphatic rings. The van der Waals surface area contributed by atoms with Crippen LogP contribution >= 0.6 is 0 Å². The van der Waals surface area contributed by atoms with E-state index in [1.165, 1.54) is 6.26 Å². The summed E-state index contributed by atoms with van der Waals surface area (Å²) in [5, 5.41) is 3.92. The van der Waals surface area contributed by atoms with Gasteiger partial charge in [-0.25, -0.2) is 13.2 Å². The van der Waals surface area contributed by atoms with Gasteiger partial charge in [0, 0.05) is 66.5 Å². The third-order valence-electron chi connectivity index (χ3n) is 7.38. The Morgan fingerprint density at radius 3 is 2.53 bits per heavy atom. The van der Waals surface area contributed by atoms with Crippen LogP contribution in [0.15, 0.2) is 35.4 Å². The fourth-order valence-corrected chi connectivity index (χ4v) is 6.59. The number of H-pyrrole nitrogens is 1. The van der Waals surface area contributed by atoms with E-state index in [-0.39, 0.29) is 29.5 Å². The Bertz CT molecular complexity index is 1560. The lowest BCUT2D eigenvalue weighted by Crippen LogP contribution is -2.45. The first-order chi connectivity index (χ1) is 17.8. The fourth-order valence-electron chi connectivity index (χ4n) is 5.81. The zero-order valence-electron chi connectivity index (χ0n) is 22.6. The number of ether oxygens (including phenoxy) is 1. The Balaban J connectivity index is 1.49. The van der Waals surface area contributed by atoms with Crippen LogP contribution < -0.4 is 15.8 Å². The minimum absolute atomic E-state index is 0.0450. The molecule has 1 aliphatic carbocycles. The summed E-state index contributed by atoms with van der Waals surface area (Å²) in [6.07, 6.45) is 8.06. The summed E-state index contributed by atoms with van der Waals surface area (Å²) in [6, 6.07) is 6.16. The molecular weight excluding hydrogens is 504 g/mol. The van der Waals surface area contributed by atoms with Crippen molar-refractivity contribution in [1.29, 1.82) is 0 Å². The van der Waals surface area contributed by atoms with Crippen LogP contribution in [0.3, 0.4) is 0 Å². The number of aryl methyl sites for hydroxylation is 1. The number of benzene rings is 1. The summed E-state index contributed by atoms with van der Waals surface area (Å²) in [7, 11) is -1.47. The molecule has 204 valence electrons. The standard InChI is InChI=1S/C28H36N4O5S/c1-28(2,3)37-27(34)30-19-7-9-20(10-8-19)32-14-18-13-29-25-24(18)22(15-31(4)26(25)33)21-12-17(6-11-23(21)32)16-38(5,35)36/h6,11-13,15,19-20,29H,7-10,14,16H2,1-5H3,(H,30,34). The molecular formula is C28H36N4O5S. The van der Waals surface area contributed by atoms with Gasteiger partial charge in [-0.1, -0.05) is 6.07 Å². The number of anilines is 1. The van der Waals surface area contributed by atoms with E-state index in [1.54, 1.807) is 11.6 Å². The largest absolute Gasteiger partial charge is 0.444 e. The Kier molecular flexibility index (Phi) is 6.57. The maximum Gasteiger partial charge on any atom is 0.407 e. The number of rotatable bonds is 4. The molecule has 1 saturated carbocycles. The maximum absolute atomic E-state index is 12.9. The Morgan fingerprint density at radius 1 is 1.16 bits per heavy atom. The Hall–Kier alpha value is -3.27. The molecule has 38 heavy (non-hydrogen) atoms. The number of carbonyl (C=O) groups is 1. The molecule has 9 nitrogen and oxygen atoms in total. The van der Waals surface area contributed by atoms with Crippen LogP contribution in [-0.2, 0) is 33.9 Å². The highest BCUT2D eigenvalue weighted by Gasteiger charge is 2.32. The van der Waals surface area contributed by atoms with E-state index in [9.17, 15) is 18.0 Å². The predicted molar refractivity (Wildman–Crippen MR) is 149 cm³/mol. The predicted octanol–water partition coefficient (Wildman–Crippen LogP) is 4.23. The van der Waals surface area contributed by atoms with Gasteiger partial charge >= 0.3 is 6.09 Å². The van der Waals surface area contributed by atoms with Crippen molar-refractivity contribution >= 4 is 32.5 Å². The lowest BCUT2D eigenvalue weighted by molar-refractivity contribution is 0.0491. The fraction of sp³-hybridized carbons (Fsp3) is 0.500. The molecule has 1 fully saturated rings. The number of alkyl carbamates (subject to hydrolysis) is 1. The van der Waals surface area contributed by atoms with E-state index < -0.39 is 15.4 Å². The average Bonchev–Trinajstić information content (AvgIpc) is 3.17. The molecule has 2 aromatic heterocycles. The number of amides is 1. The molecule has 1 aromatic carbocycles. The van der Waals surface area contributed by atoms with Crippen LogP contribution in [0.5, 0.6) is 0 Å². The Morgan fingerprint density at radius 2 is 1.87 bits per heavy atom. The second-order valence-corrected chi connectivity index (χ2v) is 13.9. The molecule has 0 saturated heterocycles. The minimum atomic E-state index is -3.21. The third kappa shape index (κ3) is 5.32. The molecule has 2 N–H and O–H groups in total. The molecule has 3 heterocycles. The number of sulfone groups is 1. The molecule has 5 rings (SSSR count). The molecule has 0 spiro atoms. The highest BCUT2D eigenvalue weighted by molar-refractivity contribution is 7.89. The van der Waals surface area contributed by atoms with Gasteiger partial charge in [-0.05, 0) is 69.7 Å². The zero-order chi connectivity index (χ0) is 27.4. The molecule has 1 amide bonds. The number of hydrogen-bond acceptors (Lipinski definition) is 6. The summed E-state index contributed by atoms with van der Waals surface area (Å²) in [4.78, 5) is 30.8. The molecule has 3 aromatic rings. The summed E-state index contributed by atoms with van der Waals surface area (Å²) < 4.78 is 31.2. The quantitative estimate of drug-likeness (QED) is 0.512. The van der Waals surface area contributed by atoms with Gasteiger partial charge < -0.3 is 24.5 Å². The normalized spacial score (nSPS) is 19.7. The van der Waals surface area contributed by atoms with Crippen LogP contribution in [0.4, 0.5) is 10.5 Å². The number of aromatic nitrogens is 2. The van der Waals surface area contributed by atoms with Crippen molar-refractivity contribution in [2.24, 2.45) is 7.05 Å². The molecule has 0 radical (unpaired) electrons. The van der Waals surface area contributed by atoms with E-state index in [0.717, 1.165) is 59.0 Å². The summed E-state index contributed by atoms with van der Waals surface area (Å²) in [5.74, 6) is -0.0450. The SMILES string of the molecule is Cn1cc2c3c(c[nH]c3c1=O)CN(C1CCC(NC(=O)OC(C)(C)C)CC1)c1ccc(CS(C)(=O)=O)cc1-2. The summed E-state index contributed by atoms with van der Waals surface area (Å²) in [6.45, 7) is 6.20. The van der Waals surface area contributed by atoms with Crippen molar-refractivity contribution in [2.75, 3.05) is 11.2 Å². The highest BCUT2D eigenvalue weighted by atomic mass is 32.2. The number of aromatic amines is 1. The first-order valence-corrected chi connectivity index (χ1v) is 15.1.